The van der Waals surface area contributed by atoms with Gasteiger partial charge in [-0.1, -0.05) is 31.0 Å². The summed E-state index contributed by atoms with van der Waals surface area (Å²) in [7, 11) is 0. The highest BCUT2D eigenvalue weighted by atomic mass is 32.2. The number of carbonyl (C=O) groups is 1. The van der Waals surface area contributed by atoms with Gasteiger partial charge in [0, 0.05) is 23.1 Å². The lowest BCUT2D eigenvalue weighted by Crippen LogP contribution is -2.21. The van der Waals surface area contributed by atoms with Crippen molar-refractivity contribution in [1.82, 2.24) is 24.1 Å². The van der Waals surface area contributed by atoms with Gasteiger partial charge in [0.1, 0.15) is 11.9 Å². The Balaban J connectivity index is 1.53. The number of hydrogen-bond acceptors (Lipinski definition) is 6. The minimum Gasteiger partial charge on any atom is -0.327 e. The maximum atomic E-state index is 12.8. The average Bonchev–Trinajstić information content (AvgIpc) is 3.26. The molecule has 8 nitrogen and oxygen atoms in total. The Morgan fingerprint density at radius 3 is 2.68 bits per heavy atom. The molecule has 1 aliphatic rings. The smallest absolute Gasteiger partial charge is 0.253 e. The fraction of sp³-hybridized carbons (Fsp3) is 0.500. The molecular weight excluding hydrogens is 410 g/mol. The van der Waals surface area contributed by atoms with Gasteiger partial charge in [-0.3, -0.25) is 4.79 Å². The van der Waals surface area contributed by atoms with Crippen LogP contribution in [-0.2, 0) is 4.79 Å². The number of aryl methyl sites for hydroxylation is 2. The number of nitrogens with one attached hydrogen (secondary N) is 1. The van der Waals surface area contributed by atoms with Crippen molar-refractivity contribution in [3.63, 3.8) is 0 Å². The number of amides is 1. The summed E-state index contributed by atoms with van der Waals surface area (Å²) in [6, 6.07) is 4.56. The van der Waals surface area contributed by atoms with E-state index in [1.165, 1.54) is 31.0 Å². The highest BCUT2D eigenvalue weighted by Gasteiger charge is 2.26. The molecule has 1 amide bonds. The standard InChI is InChI=1S/C22H27N7OS/c1-13-10-14(2)29-21(24-13)26-22(27-29)31-12-19(30)25-20-18(11-23)15(3)16(4)28(20)17-8-6-5-7-9-17/h10,17H,5-9,12H2,1-4H3,(H,25,30). The molecule has 0 atom stereocenters. The van der Waals surface area contributed by atoms with E-state index in [9.17, 15) is 10.1 Å². The molecule has 3 heterocycles. The van der Waals surface area contributed by atoms with Crippen molar-refractivity contribution in [2.45, 2.75) is 71.0 Å². The van der Waals surface area contributed by atoms with E-state index < -0.39 is 0 Å². The quantitative estimate of drug-likeness (QED) is 0.598. The number of fused-ring (bicyclic) bond motifs is 1. The van der Waals surface area contributed by atoms with Gasteiger partial charge in [0.15, 0.2) is 0 Å². The Kier molecular flexibility index (Phi) is 6.01. The van der Waals surface area contributed by atoms with Crippen LogP contribution in [0.4, 0.5) is 5.82 Å². The van der Waals surface area contributed by atoms with E-state index in [2.05, 4.69) is 31.0 Å². The van der Waals surface area contributed by atoms with Crippen molar-refractivity contribution in [3.05, 3.63) is 34.3 Å². The van der Waals surface area contributed by atoms with Gasteiger partial charge in [-0.25, -0.2) is 9.50 Å². The normalized spacial score (nSPS) is 14.7. The second-order valence-electron chi connectivity index (χ2n) is 8.19. The highest BCUT2D eigenvalue weighted by molar-refractivity contribution is 7.99. The van der Waals surface area contributed by atoms with Gasteiger partial charge in [0.05, 0.1) is 11.3 Å². The molecule has 0 aliphatic heterocycles. The van der Waals surface area contributed by atoms with Crippen LogP contribution < -0.4 is 5.32 Å². The van der Waals surface area contributed by atoms with Crippen LogP contribution in [0.15, 0.2) is 11.2 Å². The molecule has 1 aliphatic carbocycles. The maximum Gasteiger partial charge on any atom is 0.253 e. The van der Waals surface area contributed by atoms with E-state index in [1.807, 2.05) is 33.8 Å². The Morgan fingerprint density at radius 1 is 1.23 bits per heavy atom. The molecule has 0 saturated heterocycles. The molecule has 3 aromatic heterocycles. The third kappa shape index (κ3) is 4.17. The van der Waals surface area contributed by atoms with Crippen LogP contribution in [0.1, 0.15) is 66.4 Å². The third-order valence-corrected chi connectivity index (χ3v) is 6.84. The molecule has 0 bridgehead atoms. The van der Waals surface area contributed by atoms with Gasteiger partial charge in [-0.05, 0) is 52.2 Å². The number of nitriles is 1. The molecular formula is C22H27N7OS. The van der Waals surface area contributed by atoms with Crippen LogP contribution in [0.25, 0.3) is 5.78 Å². The minimum absolute atomic E-state index is 0.160. The number of hydrogen-bond donors (Lipinski definition) is 1. The molecule has 3 aromatic rings. The summed E-state index contributed by atoms with van der Waals surface area (Å²) in [5.41, 5.74) is 4.38. The first-order chi connectivity index (χ1) is 14.9. The lowest BCUT2D eigenvalue weighted by molar-refractivity contribution is -0.113. The van der Waals surface area contributed by atoms with Crippen molar-refractivity contribution in [2.75, 3.05) is 11.1 Å². The first-order valence-electron chi connectivity index (χ1n) is 10.6. The highest BCUT2D eigenvalue weighted by Crippen LogP contribution is 2.36. The van der Waals surface area contributed by atoms with Crippen molar-refractivity contribution in [1.29, 1.82) is 5.26 Å². The van der Waals surface area contributed by atoms with E-state index in [0.717, 1.165) is 35.5 Å². The van der Waals surface area contributed by atoms with Crippen molar-refractivity contribution >= 4 is 29.3 Å². The zero-order valence-corrected chi connectivity index (χ0v) is 19.2. The summed E-state index contributed by atoms with van der Waals surface area (Å²) in [4.78, 5) is 21.6. The molecule has 162 valence electrons. The molecule has 1 N–H and O–H groups in total. The number of thioether (sulfide) groups is 1. The first-order valence-corrected chi connectivity index (χ1v) is 11.6. The van der Waals surface area contributed by atoms with Crippen LogP contribution in [0.2, 0.25) is 0 Å². The Morgan fingerprint density at radius 2 is 1.97 bits per heavy atom. The van der Waals surface area contributed by atoms with Crippen LogP contribution >= 0.6 is 11.8 Å². The maximum absolute atomic E-state index is 12.8. The van der Waals surface area contributed by atoms with Crippen molar-refractivity contribution in [2.24, 2.45) is 0 Å². The topological polar surface area (TPSA) is 101 Å². The van der Waals surface area contributed by atoms with Crippen molar-refractivity contribution in [3.8, 4) is 6.07 Å². The van der Waals surface area contributed by atoms with E-state index in [1.54, 1.807) is 4.52 Å². The predicted octanol–water partition coefficient (Wildman–Crippen LogP) is 4.27. The summed E-state index contributed by atoms with van der Waals surface area (Å²) in [6.45, 7) is 7.85. The summed E-state index contributed by atoms with van der Waals surface area (Å²) in [6.07, 6.45) is 5.76. The summed E-state index contributed by atoms with van der Waals surface area (Å²) in [5.74, 6) is 1.15. The first kappa shape index (κ1) is 21.4. The zero-order chi connectivity index (χ0) is 22.1. The Labute approximate surface area is 186 Å². The van der Waals surface area contributed by atoms with E-state index in [0.29, 0.717) is 28.4 Å². The second kappa shape index (κ2) is 8.71. The number of rotatable bonds is 5. The van der Waals surface area contributed by atoms with E-state index >= 15 is 0 Å². The van der Waals surface area contributed by atoms with E-state index in [4.69, 9.17) is 0 Å². The van der Waals surface area contributed by atoms with Crippen LogP contribution in [0.3, 0.4) is 0 Å². The van der Waals surface area contributed by atoms with Gasteiger partial charge in [-0.15, -0.1) is 5.10 Å². The van der Waals surface area contributed by atoms with Crippen LogP contribution in [0.5, 0.6) is 0 Å². The molecule has 1 fully saturated rings. The molecule has 9 heteroatoms. The SMILES string of the molecule is Cc1cc(C)n2nc(SCC(=O)Nc3c(C#N)c(C)c(C)n3C3CCCCC3)nc2n1. The lowest BCUT2D eigenvalue weighted by Gasteiger charge is -2.27. The molecule has 1 saturated carbocycles. The molecule has 0 unspecified atom stereocenters. The fourth-order valence-corrected chi connectivity index (χ4v) is 5.01. The largest absolute Gasteiger partial charge is 0.327 e. The van der Waals surface area contributed by atoms with Gasteiger partial charge >= 0.3 is 0 Å². The zero-order valence-electron chi connectivity index (χ0n) is 18.4. The minimum atomic E-state index is -0.171. The number of nitrogens with zero attached hydrogens (tertiary/aromatic N) is 6. The Bertz CT molecular complexity index is 1180. The fourth-order valence-electron chi connectivity index (χ4n) is 4.39. The molecule has 31 heavy (non-hydrogen) atoms. The second-order valence-corrected chi connectivity index (χ2v) is 9.13. The van der Waals surface area contributed by atoms with E-state index in [-0.39, 0.29) is 11.7 Å². The van der Waals surface area contributed by atoms with Gasteiger partial charge in [0.25, 0.3) is 5.78 Å². The summed E-state index contributed by atoms with van der Waals surface area (Å²) < 4.78 is 3.86. The van der Waals surface area contributed by atoms with Gasteiger partial charge < -0.3 is 9.88 Å². The summed E-state index contributed by atoms with van der Waals surface area (Å²) in [5, 5.41) is 17.7. The lowest BCUT2D eigenvalue weighted by atomic mass is 9.95. The number of anilines is 1. The van der Waals surface area contributed by atoms with Crippen LogP contribution in [-0.4, -0.2) is 35.8 Å². The molecule has 0 radical (unpaired) electrons. The average molecular weight is 438 g/mol. The number of aromatic nitrogens is 5. The number of carbonyl (C=O) groups excluding carboxylic acids is 1. The molecule has 0 spiro atoms. The Hall–Kier alpha value is -2.86. The molecule has 0 aromatic carbocycles. The molecule has 4 rings (SSSR count). The summed E-state index contributed by atoms with van der Waals surface area (Å²) >= 11 is 1.27. The van der Waals surface area contributed by atoms with Crippen molar-refractivity contribution < 1.29 is 4.79 Å². The monoisotopic (exact) mass is 437 g/mol. The van der Waals surface area contributed by atoms with Gasteiger partial charge in [-0.2, -0.15) is 10.2 Å². The van der Waals surface area contributed by atoms with Crippen LogP contribution in [0, 0.1) is 39.0 Å². The predicted molar refractivity (Wildman–Crippen MR) is 120 cm³/mol. The van der Waals surface area contributed by atoms with Gasteiger partial charge in [0.2, 0.25) is 11.1 Å². The third-order valence-electron chi connectivity index (χ3n) is 6.00.